The predicted octanol–water partition coefficient (Wildman–Crippen LogP) is 2.55. The summed E-state index contributed by atoms with van der Waals surface area (Å²) in [5, 5.41) is 9.07. The second kappa shape index (κ2) is 6.06. The smallest absolute Gasteiger partial charge is 0.307 e. The van der Waals surface area contributed by atoms with Crippen LogP contribution in [0.25, 0.3) is 0 Å². The van der Waals surface area contributed by atoms with Crippen LogP contribution in [0.1, 0.15) is 31.9 Å². The predicted molar refractivity (Wildman–Crippen MR) is 73.3 cm³/mol. The van der Waals surface area contributed by atoms with Crippen LogP contribution in [0.4, 0.5) is 0 Å². The molecule has 1 aromatic rings. The first-order valence-corrected chi connectivity index (χ1v) is 6.82. The Kier molecular flexibility index (Phi) is 4.43. The van der Waals surface area contributed by atoms with Gasteiger partial charge in [-0.05, 0) is 32.9 Å². The van der Waals surface area contributed by atoms with Gasteiger partial charge in [0.25, 0.3) is 0 Å². The number of para-hydroxylation sites is 1. The van der Waals surface area contributed by atoms with Crippen molar-refractivity contribution in [2.45, 2.75) is 26.3 Å². The molecule has 104 valence electrons. The number of carboxylic acid groups (broad SMARTS) is 1. The molecular formula is C15H21NO3. The van der Waals surface area contributed by atoms with Gasteiger partial charge in [-0.2, -0.15) is 0 Å². The average Bonchev–Trinajstić information content (AvgIpc) is 2.89. The molecule has 0 amide bonds. The summed E-state index contributed by atoms with van der Waals surface area (Å²) in [5.41, 5.74) is 1.13. The summed E-state index contributed by atoms with van der Waals surface area (Å²) in [7, 11) is 0. The van der Waals surface area contributed by atoms with E-state index in [9.17, 15) is 4.79 Å². The Morgan fingerprint density at radius 1 is 1.53 bits per heavy atom. The fraction of sp³-hybridized carbons (Fsp3) is 0.533. The first kappa shape index (κ1) is 13.9. The lowest BCUT2D eigenvalue weighted by Gasteiger charge is -2.26. The number of benzene rings is 1. The van der Waals surface area contributed by atoms with Crippen LogP contribution in [0.5, 0.6) is 5.75 Å². The van der Waals surface area contributed by atoms with Gasteiger partial charge >= 0.3 is 5.97 Å². The fourth-order valence-corrected chi connectivity index (χ4v) is 2.65. The van der Waals surface area contributed by atoms with Crippen molar-refractivity contribution < 1.29 is 14.6 Å². The van der Waals surface area contributed by atoms with Crippen LogP contribution in [0, 0.1) is 5.92 Å². The molecule has 1 N–H and O–H groups in total. The van der Waals surface area contributed by atoms with Crippen molar-refractivity contribution in [2.75, 3.05) is 19.7 Å². The van der Waals surface area contributed by atoms with E-state index in [-0.39, 0.29) is 12.0 Å². The SMILES string of the molecule is CCOc1ccccc1C(C)N1CCC(C(=O)O)C1. The molecule has 4 nitrogen and oxygen atoms in total. The van der Waals surface area contributed by atoms with E-state index in [1.54, 1.807) is 0 Å². The van der Waals surface area contributed by atoms with Crippen LogP contribution in [-0.4, -0.2) is 35.7 Å². The normalized spacial score (nSPS) is 21.3. The number of aliphatic carboxylic acids is 1. The molecule has 2 rings (SSSR count). The third kappa shape index (κ3) is 3.07. The summed E-state index contributed by atoms with van der Waals surface area (Å²) in [4.78, 5) is 13.2. The van der Waals surface area contributed by atoms with Crippen molar-refractivity contribution in [1.29, 1.82) is 0 Å². The second-order valence-electron chi connectivity index (χ2n) is 4.97. The maximum absolute atomic E-state index is 11.0. The summed E-state index contributed by atoms with van der Waals surface area (Å²) in [6.45, 7) is 6.18. The molecule has 1 aromatic carbocycles. The molecular weight excluding hydrogens is 242 g/mol. The molecule has 2 atom stereocenters. The largest absolute Gasteiger partial charge is 0.494 e. The monoisotopic (exact) mass is 263 g/mol. The van der Waals surface area contributed by atoms with Crippen LogP contribution in [0.15, 0.2) is 24.3 Å². The minimum atomic E-state index is -0.687. The molecule has 1 heterocycles. The third-order valence-electron chi connectivity index (χ3n) is 3.79. The van der Waals surface area contributed by atoms with Crippen molar-refractivity contribution in [2.24, 2.45) is 5.92 Å². The van der Waals surface area contributed by atoms with Crippen molar-refractivity contribution in [1.82, 2.24) is 4.90 Å². The van der Waals surface area contributed by atoms with Crippen LogP contribution in [0.2, 0.25) is 0 Å². The topological polar surface area (TPSA) is 49.8 Å². The summed E-state index contributed by atoms with van der Waals surface area (Å²) >= 11 is 0. The van der Waals surface area contributed by atoms with Crippen molar-refractivity contribution in [3.8, 4) is 5.75 Å². The van der Waals surface area contributed by atoms with E-state index < -0.39 is 5.97 Å². The van der Waals surface area contributed by atoms with Gasteiger partial charge in [0.05, 0.1) is 12.5 Å². The lowest BCUT2D eigenvalue weighted by molar-refractivity contribution is -0.141. The lowest BCUT2D eigenvalue weighted by atomic mass is 10.1. The van der Waals surface area contributed by atoms with Crippen molar-refractivity contribution in [3.05, 3.63) is 29.8 Å². The highest BCUT2D eigenvalue weighted by Crippen LogP contribution is 2.32. The van der Waals surface area contributed by atoms with Crippen LogP contribution in [0.3, 0.4) is 0 Å². The summed E-state index contributed by atoms with van der Waals surface area (Å²) in [6.07, 6.45) is 0.733. The summed E-state index contributed by atoms with van der Waals surface area (Å²) < 4.78 is 5.65. The highest BCUT2D eigenvalue weighted by molar-refractivity contribution is 5.70. The van der Waals surface area contributed by atoms with Gasteiger partial charge in [0.1, 0.15) is 5.75 Å². The fourth-order valence-electron chi connectivity index (χ4n) is 2.65. The molecule has 0 radical (unpaired) electrons. The first-order chi connectivity index (χ1) is 9.13. The molecule has 1 saturated heterocycles. The number of hydrogen-bond donors (Lipinski definition) is 1. The molecule has 4 heteroatoms. The lowest BCUT2D eigenvalue weighted by Crippen LogP contribution is -2.26. The Labute approximate surface area is 114 Å². The van der Waals surface area contributed by atoms with E-state index in [4.69, 9.17) is 9.84 Å². The maximum atomic E-state index is 11.0. The second-order valence-corrected chi connectivity index (χ2v) is 4.97. The maximum Gasteiger partial charge on any atom is 0.307 e. The molecule has 0 aliphatic carbocycles. The van der Waals surface area contributed by atoms with E-state index >= 15 is 0 Å². The molecule has 19 heavy (non-hydrogen) atoms. The number of nitrogens with zero attached hydrogens (tertiary/aromatic N) is 1. The molecule has 1 fully saturated rings. The van der Waals surface area contributed by atoms with E-state index in [2.05, 4.69) is 17.9 Å². The first-order valence-electron chi connectivity index (χ1n) is 6.82. The third-order valence-corrected chi connectivity index (χ3v) is 3.79. The Morgan fingerprint density at radius 3 is 2.89 bits per heavy atom. The number of ether oxygens (including phenoxy) is 1. The zero-order valence-electron chi connectivity index (χ0n) is 11.5. The molecule has 0 aromatic heterocycles. The quantitative estimate of drug-likeness (QED) is 0.887. The Morgan fingerprint density at radius 2 is 2.26 bits per heavy atom. The van der Waals surface area contributed by atoms with Crippen LogP contribution in [-0.2, 0) is 4.79 Å². The van der Waals surface area contributed by atoms with E-state index in [1.165, 1.54) is 0 Å². The number of carbonyl (C=O) groups is 1. The number of likely N-dealkylation sites (tertiary alicyclic amines) is 1. The molecule has 0 spiro atoms. The molecule has 1 aliphatic heterocycles. The number of rotatable bonds is 5. The standard InChI is InChI=1S/C15H21NO3/c1-3-19-14-7-5-4-6-13(14)11(2)16-9-8-12(10-16)15(17)18/h4-7,11-12H,3,8-10H2,1-2H3,(H,17,18). The summed E-state index contributed by atoms with van der Waals surface area (Å²) in [5.74, 6) is -0.0224. The van der Waals surface area contributed by atoms with Crippen molar-refractivity contribution in [3.63, 3.8) is 0 Å². The van der Waals surface area contributed by atoms with Gasteiger partial charge in [0.15, 0.2) is 0 Å². The van der Waals surface area contributed by atoms with Crippen LogP contribution >= 0.6 is 0 Å². The van der Waals surface area contributed by atoms with Gasteiger partial charge < -0.3 is 9.84 Å². The van der Waals surface area contributed by atoms with Gasteiger partial charge in [-0.1, -0.05) is 18.2 Å². The van der Waals surface area contributed by atoms with Gasteiger partial charge in [-0.15, -0.1) is 0 Å². The summed E-state index contributed by atoms with van der Waals surface area (Å²) in [6, 6.07) is 8.18. The zero-order chi connectivity index (χ0) is 13.8. The van der Waals surface area contributed by atoms with E-state index in [0.29, 0.717) is 13.2 Å². The van der Waals surface area contributed by atoms with Gasteiger partial charge in [0, 0.05) is 18.2 Å². The molecule has 1 aliphatic rings. The number of hydrogen-bond acceptors (Lipinski definition) is 3. The Hall–Kier alpha value is -1.55. The Balaban J connectivity index is 2.12. The minimum absolute atomic E-state index is 0.187. The van der Waals surface area contributed by atoms with E-state index in [1.807, 2.05) is 25.1 Å². The Bertz CT molecular complexity index is 447. The highest BCUT2D eigenvalue weighted by Gasteiger charge is 2.31. The minimum Gasteiger partial charge on any atom is -0.494 e. The molecule has 0 bridgehead atoms. The molecule has 0 saturated carbocycles. The zero-order valence-corrected chi connectivity index (χ0v) is 11.5. The van der Waals surface area contributed by atoms with Gasteiger partial charge in [-0.25, -0.2) is 0 Å². The van der Waals surface area contributed by atoms with Gasteiger partial charge in [0.2, 0.25) is 0 Å². The van der Waals surface area contributed by atoms with E-state index in [0.717, 1.165) is 24.3 Å². The highest BCUT2D eigenvalue weighted by atomic mass is 16.5. The average molecular weight is 263 g/mol. The number of carboxylic acids is 1. The van der Waals surface area contributed by atoms with Crippen LogP contribution < -0.4 is 4.74 Å². The van der Waals surface area contributed by atoms with Gasteiger partial charge in [-0.3, -0.25) is 9.69 Å². The molecule has 2 unspecified atom stereocenters. The van der Waals surface area contributed by atoms with Crippen molar-refractivity contribution >= 4 is 5.97 Å².